The lowest BCUT2D eigenvalue weighted by atomic mass is 9.45. The maximum atomic E-state index is 13.3. The van der Waals surface area contributed by atoms with Crippen molar-refractivity contribution in [3.63, 3.8) is 0 Å². The Bertz CT molecular complexity index is 1650. The fraction of sp³-hybridized carbons (Fsp3) is 0.531. The van der Waals surface area contributed by atoms with Gasteiger partial charge in [-0.15, -0.1) is 0 Å². The number of hydrogen-bond donors (Lipinski definition) is 3. The van der Waals surface area contributed by atoms with Crippen LogP contribution in [0.25, 0.3) is 10.9 Å². The van der Waals surface area contributed by atoms with Crippen LogP contribution in [0, 0.1) is 23.2 Å². The van der Waals surface area contributed by atoms with Gasteiger partial charge >= 0.3 is 5.69 Å². The zero-order valence-electron chi connectivity index (χ0n) is 24.7. The Morgan fingerprint density at radius 1 is 1.12 bits per heavy atom. The fourth-order valence-corrected chi connectivity index (χ4v) is 7.89. The average Bonchev–Trinajstić information content (AvgIpc) is 2.94. The maximum Gasteiger partial charge on any atom is 0.328 e. The zero-order valence-corrected chi connectivity index (χ0v) is 26.2. The smallest absolute Gasteiger partial charge is 0.328 e. The molecule has 0 amide bonds. The van der Waals surface area contributed by atoms with Crippen LogP contribution in [0.15, 0.2) is 51.0 Å². The van der Waals surface area contributed by atoms with E-state index < -0.39 is 5.69 Å². The first-order chi connectivity index (χ1) is 20.0. The Labute approximate surface area is 256 Å². The molecule has 2 heterocycles. The number of H-pyrrole nitrogens is 1. The number of aliphatic imine (C=N–C) groups is 1. The van der Waals surface area contributed by atoms with E-state index in [-0.39, 0.29) is 18.1 Å². The van der Waals surface area contributed by atoms with Crippen molar-refractivity contribution in [3.8, 4) is 0 Å². The number of aromatic nitrogens is 2. The highest BCUT2D eigenvalue weighted by Crippen LogP contribution is 2.61. The first-order valence-corrected chi connectivity index (χ1v) is 15.8. The van der Waals surface area contributed by atoms with E-state index in [0.29, 0.717) is 50.7 Å². The highest BCUT2D eigenvalue weighted by atomic mass is 35.5. The standard InChI is InChI=1S/C32H40Cl2N6O2/c1-18-17-39(12-10-35-18)30(37-27-14-21-13-25(19(27)2)32(21,3)4)36-23-7-8-24-28(16-23)38-31(42)40(29(24)41)11-9-20-5-6-22(33)15-26(20)34/h5-8,15-16,18-19,21,25,27,35H,9-14,17H2,1-4H3,(H,36,37)(H,38,42). The molecule has 2 bridgehead atoms. The van der Waals surface area contributed by atoms with Crippen molar-refractivity contribution in [1.82, 2.24) is 19.8 Å². The monoisotopic (exact) mass is 610 g/mol. The summed E-state index contributed by atoms with van der Waals surface area (Å²) in [7, 11) is 0. The Morgan fingerprint density at radius 3 is 2.64 bits per heavy atom. The first kappa shape index (κ1) is 29.3. The van der Waals surface area contributed by atoms with Crippen molar-refractivity contribution in [3.05, 3.63) is 72.8 Å². The van der Waals surface area contributed by atoms with Crippen molar-refractivity contribution in [1.29, 1.82) is 0 Å². The zero-order chi connectivity index (χ0) is 29.8. The SMILES string of the molecule is CC1CN(C(=NC2CC3CC(C2C)C3(C)C)Nc2ccc3c(=O)n(CCc4ccc(Cl)cc4Cl)c(=O)[nH]c3c2)CCN1. The minimum Gasteiger partial charge on any atom is -0.340 e. The molecule has 4 aliphatic rings. The molecule has 224 valence electrons. The van der Waals surface area contributed by atoms with Gasteiger partial charge in [-0.25, -0.2) is 9.79 Å². The van der Waals surface area contributed by atoms with Crippen LogP contribution in [0.4, 0.5) is 5.69 Å². The van der Waals surface area contributed by atoms with E-state index in [1.54, 1.807) is 18.2 Å². The van der Waals surface area contributed by atoms with E-state index in [0.717, 1.165) is 49.2 Å². The summed E-state index contributed by atoms with van der Waals surface area (Å²) in [5.74, 6) is 2.82. The van der Waals surface area contributed by atoms with Crippen molar-refractivity contribution < 1.29 is 0 Å². The summed E-state index contributed by atoms with van der Waals surface area (Å²) in [5, 5.41) is 8.62. The van der Waals surface area contributed by atoms with Crippen LogP contribution in [-0.4, -0.2) is 52.1 Å². The number of piperazine rings is 1. The van der Waals surface area contributed by atoms with Crippen LogP contribution in [0.2, 0.25) is 10.0 Å². The molecule has 3 aliphatic carbocycles. The molecule has 1 aromatic heterocycles. The van der Waals surface area contributed by atoms with Gasteiger partial charge in [-0.2, -0.15) is 0 Å². The molecule has 3 saturated carbocycles. The molecule has 2 aromatic carbocycles. The second-order valence-corrected chi connectivity index (χ2v) is 13.9. The summed E-state index contributed by atoms with van der Waals surface area (Å²) >= 11 is 12.3. The molecule has 7 rings (SSSR count). The van der Waals surface area contributed by atoms with Gasteiger partial charge in [-0.1, -0.05) is 50.0 Å². The fourth-order valence-electron chi connectivity index (χ4n) is 7.39. The quantitative estimate of drug-likeness (QED) is 0.267. The Kier molecular flexibility index (Phi) is 7.92. The van der Waals surface area contributed by atoms with Crippen LogP contribution in [-0.2, 0) is 13.0 Å². The lowest BCUT2D eigenvalue weighted by Gasteiger charge is -2.61. The van der Waals surface area contributed by atoms with Gasteiger partial charge in [0, 0.05) is 48.0 Å². The molecule has 3 N–H and O–H groups in total. The largest absolute Gasteiger partial charge is 0.340 e. The topological polar surface area (TPSA) is 94.5 Å². The second-order valence-electron chi connectivity index (χ2n) is 13.0. The molecular formula is C32H40Cl2N6O2. The van der Waals surface area contributed by atoms with E-state index in [1.807, 2.05) is 18.2 Å². The summed E-state index contributed by atoms with van der Waals surface area (Å²) in [4.78, 5) is 37.0. The summed E-state index contributed by atoms with van der Waals surface area (Å²) in [5.41, 5.74) is 1.75. The highest BCUT2D eigenvalue weighted by molar-refractivity contribution is 6.35. The summed E-state index contributed by atoms with van der Waals surface area (Å²) in [6.07, 6.45) is 2.87. The number of fused-ring (bicyclic) bond motifs is 3. The van der Waals surface area contributed by atoms with Gasteiger partial charge < -0.3 is 20.5 Å². The van der Waals surface area contributed by atoms with Gasteiger partial charge in [0.1, 0.15) is 0 Å². The number of nitrogens with zero attached hydrogens (tertiary/aromatic N) is 3. The van der Waals surface area contributed by atoms with E-state index in [1.165, 1.54) is 11.0 Å². The van der Waals surface area contributed by atoms with Crippen LogP contribution < -0.4 is 21.9 Å². The van der Waals surface area contributed by atoms with Gasteiger partial charge in [0.25, 0.3) is 5.56 Å². The Balaban J connectivity index is 1.27. The van der Waals surface area contributed by atoms with E-state index in [2.05, 4.69) is 48.2 Å². The molecular weight excluding hydrogens is 571 g/mol. The summed E-state index contributed by atoms with van der Waals surface area (Å²) in [6, 6.07) is 11.4. The maximum absolute atomic E-state index is 13.3. The number of benzene rings is 2. The Hall–Kier alpha value is -2.81. The van der Waals surface area contributed by atoms with Crippen LogP contribution in [0.3, 0.4) is 0 Å². The minimum absolute atomic E-state index is 0.210. The molecule has 8 nitrogen and oxygen atoms in total. The minimum atomic E-state index is -0.447. The molecule has 5 atom stereocenters. The first-order valence-electron chi connectivity index (χ1n) is 15.0. The molecule has 5 unspecified atom stereocenters. The molecule has 10 heteroatoms. The third-order valence-corrected chi connectivity index (χ3v) is 10.7. The summed E-state index contributed by atoms with van der Waals surface area (Å²) in [6.45, 7) is 12.2. The average molecular weight is 612 g/mol. The lowest BCUT2D eigenvalue weighted by molar-refractivity contribution is -0.108. The van der Waals surface area contributed by atoms with Gasteiger partial charge in [-0.05, 0) is 85.3 Å². The van der Waals surface area contributed by atoms with Crippen molar-refractivity contribution >= 4 is 45.8 Å². The molecule has 0 radical (unpaired) electrons. The predicted octanol–water partition coefficient (Wildman–Crippen LogP) is 5.37. The lowest BCUT2D eigenvalue weighted by Crippen LogP contribution is -2.57. The molecule has 1 saturated heterocycles. The third-order valence-electron chi connectivity index (χ3n) is 10.1. The van der Waals surface area contributed by atoms with Crippen molar-refractivity contribution in [2.24, 2.45) is 28.2 Å². The number of anilines is 1. The van der Waals surface area contributed by atoms with Gasteiger partial charge in [0.2, 0.25) is 0 Å². The van der Waals surface area contributed by atoms with Crippen molar-refractivity contribution in [2.45, 2.75) is 65.6 Å². The normalized spacial score (nSPS) is 27.1. The molecule has 3 aromatic rings. The van der Waals surface area contributed by atoms with Crippen LogP contribution >= 0.6 is 23.2 Å². The number of aryl methyl sites for hydroxylation is 1. The van der Waals surface area contributed by atoms with E-state index in [9.17, 15) is 9.59 Å². The highest BCUT2D eigenvalue weighted by Gasteiger charge is 2.56. The van der Waals surface area contributed by atoms with Crippen LogP contribution in [0.5, 0.6) is 0 Å². The molecule has 0 spiro atoms. The van der Waals surface area contributed by atoms with Crippen molar-refractivity contribution in [2.75, 3.05) is 25.0 Å². The third kappa shape index (κ3) is 5.49. The number of nitrogens with one attached hydrogen (secondary N) is 3. The number of guanidine groups is 1. The predicted molar refractivity (Wildman–Crippen MR) is 172 cm³/mol. The summed E-state index contributed by atoms with van der Waals surface area (Å²) < 4.78 is 1.23. The van der Waals surface area contributed by atoms with E-state index >= 15 is 0 Å². The molecule has 1 aliphatic heterocycles. The van der Waals surface area contributed by atoms with Gasteiger partial charge in [0.05, 0.1) is 16.9 Å². The number of halogens is 2. The van der Waals surface area contributed by atoms with E-state index in [4.69, 9.17) is 28.2 Å². The number of rotatable bonds is 5. The van der Waals surface area contributed by atoms with Gasteiger partial charge in [-0.3, -0.25) is 9.36 Å². The molecule has 42 heavy (non-hydrogen) atoms. The van der Waals surface area contributed by atoms with Gasteiger partial charge in [0.15, 0.2) is 5.96 Å². The Morgan fingerprint density at radius 2 is 1.93 bits per heavy atom. The second kappa shape index (κ2) is 11.4. The molecule has 4 fully saturated rings. The number of hydrogen-bond acceptors (Lipinski definition) is 4. The van der Waals surface area contributed by atoms with Crippen LogP contribution in [0.1, 0.15) is 46.1 Å². The number of aromatic amines is 1.